The van der Waals surface area contributed by atoms with Gasteiger partial charge in [-0.15, -0.1) is 0 Å². The molecule has 0 radical (unpaired) electrons. The fraction of sp³-hybridized carbons (Fsp3) is 0.273. The van der Waals surface area contributed by atoms with Crippen LogP contribution in [0.1, 0.15) is 28.3 Å². The van der Waals surface area contributed by atoms with Crippen LogP contribution in [-0.4, -0.2) is 28.0 Å². The molecule has 0 saturated carbocycles. The van der Waals surface area contributed by atoms with Crippen molar-refractivity contribution in [1.29, 1.82) is 0 Å². The van der Waals surface area contributed by atoms with E-state index in [2.05, 4.69) is 40.0 Å². The Labute approximate surface area is 178 Å². The number of hydrogen-bond acceptors (Lipinski definition) is 6. The molecule has 1 aromatic carbocycles. The largest absolute Gasteiger partial charge is 0.467 e. The summed E-state index contributed by atoms with van der Waals surface area (Å²) in [6.45, 7) is 5.81. The van der Waals surface area contributed by atoms with Gasteiger partial charge in [-0.05, 0) is 49.7 Å². The number of ether oxygens (including phenoxy) is 2. The average Bonchev–Trinajstić information content (AvgIpc) is 3.50. The van der Waals surface area contributed by atoms with Crippen LogP contribution >= 0.6 is 11.8 Å². The zero-order valence-corrected chi connectivity index (χ0v) is 17.7. The molecule has 0 aliphatic carbocycles. The number of nitrogens with one attached hydrogen (secondary N) is 1. The van der Waals surface area contributed by atoms with Crippen LogP contribution in [0.25, 0.3) is 0 Å². The summed E-state index contributed by atoms with van der Waals surface area (Å²) in [5, 5.41) is 5.42. The highest BCUT2D eigenvalue weighted by Gasteiger charge is 2.19. The third-order valence-electron chi connectivity index (χ3n) is 5.25. The third kappa shape index (κ3) is 3.70. The number of amidine groups is 1. The maximum atomic E-state index is 5.51. The lowest BCUT2D eigenvalue weighted by Gasteiger charge is -2.15. The SMILES string of the molecule is Cc1cc(C2=NNC(=NCc3ccc4c(c3)OCO4)SC2)c(C)n1Cc1ccco1. The summed E-state index contributed by atoms with van der Waals surface area (Å²) in [6.07, 6.45) is 1.71. The number of aromatic nitrogens is 1. The van der Waals surface area contributed by atoms with Gasteiger partial charge in [0.05, 0.1) is 25.1 Å². The Morgan fingerprint density at radius 2 is 2.07 bits per heavy atom. The molecule has 7 nitrogen and oxygen atoms in total. The summed E-state index contributed by atoms with van der Waals surface area (Å²) in [6, 6.07) is 12.0. The summed E-state index contributed by atoms with van der Waals surface area (Å²) in [7, 11) is 0. The molecule has 0 atom stereocenters. The highest BCUT2D eigenvalue weighted by atomic mass is 32.2. The third-order valence-corrected chi connectivity index (χ3v) is 6.16. The van der Waals surface area contributed by atoms with Crippen molar-refractivity contribution in [2.24, 2.45) is 10.1 Å². The number of rotatable bonds is 5. The molecule has 8 heteroatoms. The van der Waals surface area contributed by atoms with Crippen molar-refractivity contribution in [3.05, 3.63) is 70.9 Å². The zero-order valence-electron chi connectivity index (χ0n) is 16.8. The van der Waals surface area contributed by atoms with Crippen molar-refractivity contribution in [2.45, 2.75) is 26.9 Å². The number of aliphatic imine (C=N–C) groups is 1. The van der Waals surface area contributed by atoms with E-state index in [0.717, 1.165) is 51.6 Å². The van der Waals surface area contributed by atoms with Crippen LogP contribution in [-0.2, 0) is 13.1 Å². The average molecular weight is 423 g/mol. The Bertz CT molecular complexity index is 1130. The molecule has 0 saturated heterocycles. The van der Waals surface area contributed by atoms with Crippen molar-refractivity contribution < 1.29 is 13.9 Å². The minimum Gasteiger partial charge on any atom is -0.467 e. The fourth-order valence-electron chi connectivity index (χ4n) is 3.63. The monoisotopic (exact) mass is 422 g/mol. The Kier molecular flexibility index (Phi) is 5.00. The number of aryl methyl sites for hydroxylation is 1. The maximum Gasteiger partial charge on any atom is 0.231 e. The molecule has 4 heterocycles. The Hall–Kier alpha value is -3.13. The quantitative estimate of drug-likeness (QED) is 0.671. The predicted molar refractivity (Wildman–Crippen MR) is 118 cm³/mol. The number of fused-ring (bicyclic) bond motifs is 1. The summed E-state index contributed by atoms with van der Waals surface area (Å²) in [5.74, 6) is 3.29. The van der Waals surface area contributed by atoms with Crippen LogP contribution in [0.15, 0.2) is 57.2 Å². The molecule has 0 unspecified atom stereocenters. The first-order chi connectivity index (χ1) is 14.7. The van der Waals surface area contributed by atoms with E-state index in [-0.39, 0.29) is 6.79 Å². The van der Waals surface area contributed by atoms with Crippen LogP contribution in [0.4, 0.5) is 0 Å². The van der Waals surface area contributed by atoms with E-state index >= 15 is 0 Å². The van der Waals surface area contributed by atoms with Crippen molar-refractivity contribution in [3.63, 3.8) is 0 Å². The van der Waals surface area contributed by atoms with Crippen LogP contribution in [0.3, 0.4) is 0 Å². The number of furan rings is 1. The van der Waals surface area contributed by atoms with Crippen molar-refractivity contribution in [1.82, 2.24) is 9.99 Å². The summed E-state index contributed by atoms with van der Waals surface area (Å²) in [4.78, 5) is 4.65. The van der Waals surface area contributed by atoms with E-state index in [1.807, 2.05) is 30.3 Å². The number of benzene rings is 1. The summed E-state index contributed by atoms with van der Waals surface area (Å²) in [5.41, 5.74) is 8.75. The standard InChI is InChI=1S/C22H22N4O3S/c1-14-8-18(15(2)26(14)11-17-4-3-7-27-17)19-12-30-22(25-24-19)23-10-16-5-6-20-21(9-16)29-13-28-20/h3-9H,10-13H2,1-2H3,(H,23,25). The van der Waals surface area contributed by atoms with Gasteiger partial charge in [-0.3, -0.25) is 10.4 Å². The molecule has 1 N–H and O–H groups in total. The fourth-order valence-corrected chi connectivity index (χ4v) is 4.39. The van der Waals surface area contributed by atoms with Gasteiger partial charge in [0.1, 0.15) is 5.76 Å². The second-order valence-corrected chi connectivity index (χ2v) is 8.18. The van der Waals surface area contributed by atoms with Gasteiger partial charge in [0.15, 0.2) is 16.7 Å². The number of nitrogens with zero attached hydrogens (tertiary/aromatic N) is 3. The number of thioether (sulfide) groups is 1. The Morgan fingerprint density at radius 3 is 2.87 bits per heavy atom. The first-order valence-electron chi connectivity index (χ1n) is 9.75. The molecule has 0 spiro atoms. The Balaban J connectivity index is 1.28. The lowest BCUT2D eigenvalue weighted by Crippen LogP contribution is -2.25. The topological polar surface area (TPSA) is 73.3 Å². The minimum absolute atomic E-state index is 0.282. The Morgan fingerprint density at radius 1 is 1.17 bits per heavy atom. The van der Waals surface area contributed by atoms with Crippen molar-refractivity contribution in [2.75, 3.05) is 12.5 Å². The van der Waals surface area contributed by atoms with Gasteiger partial charge in [-0.25, -0.2) is 0 Å². The summed E-state index contributed by atoms with van der Waals surface area (Å²) >= 11 is 1.66. The van der Waals surface area contributed by atoms with Crippen LogP contribution in [0, 0.1) is 13.8 Å². The molecule has 0 fully saturated rings. The van der Waals surface area contributed by atoms with E-state index in [4.69, 9.17) is 13.9 Å². The van der Waals surface area contributed by atoms with Gasteiger partial charge >= 0.3 is 0 Å². The molecule has 0 bridgehead atoms. The molecule has 154 valence electrons. The molecular weight excluding hydrogens is 400 g/mol. The van der Waals surface area contributed by atoms with Crippen LogP contribution in [0.2, 0.25) is 0 Å². The molecule has 2 aliphatic heterocycles. The highest BCUT2D eigenvalue weighted by Crippen LogP contribution is 2.32. The number of hydrazone groups is 1. The normalized spacial score (nSPS) is 16.6. The smallest absolute Gasteiger partial charge is 0.231 e. The molecule has 30 heavy (non-hydrogen) atoms. The van der Waals surface area contributed by atoms with E-state index < -0.39 is 0 Å². The van der Waals surface area contributed by atoms with E-state index in [1.165, 1.54) is 11.4 Å². The molecule has 2 aliphatic rings. The minimum atomic E-state index is 0.282. The summed E-state index contributed by atoms with van der Waals surface area (Å²) < 4.78 is 18.5. The van der Waals surface area contributed by atoms with Crippen molar-refractivity contribution in [3.8, 4) is 11.5 Å². The first-order valence-corrected chi connectivity index (χ1v) is 10.7. The molecular formula is C22H22N4O3S. The van der Waals surface area contributed by atoms with Crippen LogP contribution in [0.5, 0.6) is 11.5 Å². The highest BCUT2D eigenvalue weighted by molar-refractivity contribution is 8.14. The lowest BCUT2D eigenvalue weighted by molar-refractivity contribution is 0.174. The molecule has 5 rings (SSSR count). The number of hydrogen-bond donors (Lipinski definition) is 1. The molecule has 2 aromatic heterocycles. The van der Waals surface area contributed by atoms with Gasteiger partial charge in [0.2, 0.25) is 6.79 Å². The second kappa shape index (κ2) is 7.95. The van der Waals surface area contributed by atoms with E-state index in [1.54, 1.807) is 18.0 Å². The van der Waals surface area contributed by atoms with Gasteiger partial charge in [0, 0.05) is 22.7 Å². The second-order valence-electron chi connectivity index (χ2n) is 7.22. The van der Waals surface area contributed by atoms with Crippen molar-refractivity contribution >= 4 is 22.6 Å². The molecule has 0 amide bonds. The first kappa shape index (κ1) is 18.9. The van der Waals surface area contributed by atoms with Gasteiger partial charge < -0.3 is 18.5 Å². The van der Waals surface area contributed by atoms with E-state index in [0.29, 0.717) is 6.54 Å². The molecule has 3 aromatic rings. The van der Waals surface area contributed by atoms with Gasteiger partial charge in [-0.1, -0.05) is 17.8 Å². The zero-order chi connectivity index (χ0) is 20.5. The van der Waals surface area contributed by atoms with Gasteiger partial charge in [0.25, 0.3) is 0 Å². The van der Waals surface area contributed by atoms with E-state index in [9.17, 15) is 0 Å². The van der Waals surface area contributed by atoms with Gasteiger partial charge in [-0.2, -0.15) is 5.10 Å². The van der Waals surface area contributed by atoms with Crippen LogP contribution < -0.4 is 14.9 Å². The maximum absolute atomic E-state index is 5.51. The predicted octanol–water partition coefficient (Wildman–Crippen LogP) is 4.07. The lowest BCUT2D eigenvalue weighted by atomic mass is 10.1.